The molecular weight excluding hydrogens is 241 g/mol. The summed E-state index contributed by atoms with van der Waals surface area (Å²) in [5.41, 5.74) is 0.450. The van der Waals surface area contributed by atoms with Crippen molar-refractivity contribution in [1.29, 1.82) is 0 Å². The fraction of sp³-hybridized carbons (Fsp3) is 0.0833. The molecular formula is C12H10FNO2S. The van der Waals surface area contributed by atoms with Crippen LogP contribution in [0.5, 0.6) is 0 Å². The van der Waals surface area contributed by atoms with Gasteiger partial charge in [-0.2, -0.15) is 0 Å². The molecule has 88 valence electrons. The molecule has 0 atom stereocenters. The second-order valence-corrected chi connectivity index (χ2v) is 4.42. The molecule has 1 aromatic heterocycles. The van der Waals surface area contributed by atoms with E-state index in [4.69, 9.17) is 0 Å². The van der Waals surface area contributed by atoms with Crippen LogP contribution in [0.25, 0.3) is 0 Å². The lowest BCUT2D eigenvalue weighted by Crippen LogP contribution is -1.98. The van der Waals surface area contributed by atoms with Crippen molar-refractivity contribution >= 4 is 17.7 Å². The Morgan fingerprint density at radius 1 is 1.41 bits per heavy atom. The first-order valence-electron chi connectivity index (χ1n) is 4.89. The summed E-state index contributed by atoms with van der Waals surface area (Å²) in [5.74, 6) is -0.679. The van der Waals surface area contributed by atoms with Crippen LogP contribution in [0.3, 0.4) is 0 Å². The van der Waals surface area contributed by atoms with Crippen LogP contribution >= 0.6 is 11.8 Å². The molecule has 3 nitrogen and oxygen atoms in total. The minimum atomic E-state index is -0.396. The summed E-state index contributed by atoms with van der Waals surface area (Å²) in [5, 5.41) is 0.760. The van der Waals surface area contributed by atoms with Gasteiger partial charge in [0.2, 0.25) is 0 Å². The smallest absolute Gasteiger partial charge is 0.339 e. The fourth-order valence-electron chi connectivity index (χ4n) is 1.33. The third-order valence-corrected chi connectivity index (χ3v) is 3.05. The number of hydrogen-bond donors (Lipinski definition) is 1. The number of nitrogens with one attached hydrogen (secondary N) is 1. The van der Waals surface area contributed by atoms with Crippen molar-refractivity contribution in [1.82, 2.24) is 4.98 Å². The van der Waals surface area contributed by atoms with Crippen molar-refractivity contribution in [2.75, 3.05) is 7.11 Å². The van der Waals surface area contributed by atoms with Crippen LogP contribution in [0.2, 0.25) is 0 Å². The van der Waals surface area contributed by atoms with Crippen molar-refractivity contribution in [3.8, 4) is 0 Å². The van der Waals surface area contributed by atoms with E-state index in [-0.39, 0.29) is 5.82 Å². The molecule has 1 N–H and O–H groups in total. The minimum Gasteiger partial charge on any atom is -0.465 e. The first kappa shape index (κ1) is 11.7. The van der Waals surface area contributed by atoms with Gasteiger partial charge in [0.15, 0.2) is 0 Å². The summed E-state index contributed by atoms with van der Waals surface area (Å²) >= 11 is 1.35. The molecule has 0 radical (unpaired) electrons. The van der Waals surface area contributed by atoms with Gasteiger partial charge in [0.25, 0.3) is 0 Å². The number of rotatable bonds is 3. The van der Waals surface area contributed by atoms with Crippen LogP contribution in [-0.4, -0.2) is 18.1 Å². The van der Waals surface area contributed by atoms with E-state index in [0.717, 1.165) is 9.92 Å². The van der Waals surface area contributed by atoms with Gasteiger partial charge in [0, 0.05) is 11.1 Å². The summed E-state index contributed by atoms with van der Waals surface area (Å²) in [6, 6.07) is 7.93. The number of esters is 1. The van der Waals surface area contributed by atoms with E-state index in [1.165, 1.54) is 31.0 Å². The predicted molar refractivity (Wildman–Crippen MR) is 62.7 cm³/mol. The van der Waals surface area contributed by atoms with Crippen molar-refractivity contribution in [3.63, 3.8) is 0 Å². The molecule has 1 aromatic carbocycles. The molecule has 0 saturated carbocycles. The number of carbonyl (C=O) groups excluding carboxylic acids is 1. The minimum absolute atomic E-state index is 0.283. The standard InChI is InChI=1S/C12H10FNO2S/c1-16-12(15)8-5-11(14-7-8)17-10-4-2-3-9(13)6-10/h2-7,14H,1H3. The predicted octanol–water partition coefficient (Wildman–Crippen LogP) is 3.09. The van der Waals surface area contributed by atoms with Gasteiger partial charge in [-0.1, -0.05) is 17.8 Å². The number of carbonyl (C=O) groups is 1. The Hall–Kier alpha value is -1.75. The lowest BCUT2D eigenvalue weighted by molar-refractivity contribution is 0.0601. The number of halogens is 1. The summed E-state index contributed by atoms with van der Waals surface area (Å²) in [6.45, 7) is 0. The van der Waals surface area contributed by atoms with E-state index in [0.29, 0.717) is 5.56 Å². The highest BCUT2D eigenvalue weighted by Crippen LogP contribution is 2.27. The number of methoxy groups -OCH3 is 1. The lowest BCUT2D eigenvalue weighted by atomic mass is 10.3. The zero-order valence-electron chi connectivity index (χ0n) is 9.07. The zero-order chi connectivity index (χ0) is 12.3. The Kier molecular flexibility index (Phi) is 3.49. The number of aromatic amines is 1. The average molecular weight is 251 g/mol. The molecule has 0 spiro atoms. The number of H-pyrrole nitrogens is 1. The van der Waals surface area contributed by atoms with Crippen molar-refractivity contribution in [2.45, 2.75) is 9.92 Å². The van der Waals surface area contributed by atoms with Gasteiger partial charge in [-0.05, 0) is 24.3 Å². The molecule has 5 heteroatoms. The fourth-order valence-corrected chi connectivity index (χ4v) is 2.20. The van der Waals surface area contributed by atoms with E-state index in [9.17, 15) is 9.18 Å². The van der Waals surface area contributed by atoms with Gasteiger partial charge in [-0.3, -0.25) is 0 Å². The monoisotopic (exact) mass is 251 g/mol. The Labute approximate surface area is 102 Å². The summed E-state index contributed by atoms with van der Waals surface area (Å²) in [6.07, 6.45) is 1.56. The lowest BCUT2D eigenvalue weighted by Gasteiger charge is -1.98. The highest BCUT2D eigenvalue weighted by molar-refractivity contribution is 7.99. The number of aromatic nitrogens is 1. The summed E-state index contributed by atoms with van der Waals surface area (Å²) < 4.78 is 17.6. The SMILES string of the molecule is COC(=O)c1c[nH]c(Sc2cccc(F)c2)c1. The van der Waals surface area contributed by atoms with Crippen LogP contribution in [0, 0.1) is 5.82 Å². The number of ether oxygens (including phenoxy) is 1. The van der Waals surface area contributed by atoms with E-state index in [1.807, 2.05) is 0 Å². The van der Waals surface area contributed by atoms with Gasteiger partial charge >= 0.3 is 5.97 Å². The topological polar surface area (TPSA) is 42.1 Å². The normalized spacial score (nSPS) is 10.2. The average Bonchev–Trinajstić information content (AvgIpc) is 2.76. The Morgan fingerprint density at radius 2 is 2.24 bits per heavy atom. The molecule has 1 heterocycles. The maximum absolute atomic E-state index is 13.0. The van der Waals surface area contributed by atoms with E-state index in [1.54, 1.807) is 24.4 Å². The second-order valence-electron chi connectivity index (χ2n) is 3.30. The largest absolute Gasteiger partial charge is 0.465 e. The highest BCUT2D eigenvalue weighted by Gasteiger charge is 2.08. The molecule has 0 fully saturated rings. The van der Waals surface area contributed by atoms with Gasteiger partial charge in [-0.15, -0.1) is 0 Å². The molecule has 0 saturated heterocycles. The highest BCUT2D eigenvalue weighted by atomic mass is 32.2. The zero-order valence-corrected chi connectivity index (χ0v) is 9.88. The van der Waals surface area contributed by atoms with Gasteiger partial charge in [-0.25, -0.2) is 9.18 Å². The van der Waals surface area contributed by atoms with Gasteiger partial charge in [0.1, 0.15) is 5.82 Å². The summed E-state index contributed by atoms with van der Waals surface area (Å²) in [4.78, 5) is 14.9. The summed E-state index contributed by atoms with van der Waals surface area (Å²) in [7, 11) is 1.33. The van der Waals surface area contributed by atoms with E-state index >= 15 is 0 Å². The van der Waals surface area contributed by atoms with Crippen LogP contribution < -0.4 is 0 Å². The van der Waals surface area contributed by atoms with Crippen molar-refractivity contribution < 1.29 is 13.9 Å². The Morgan fingerprint density at radius 3 is 2.94 bits per heavy atom. The van der Waals surface area contributed by atoms with Crippen molar-refractivity contribution in [3.05, 3.63) is 47.9 Å². The maximum atomic E-state index is 13.0. The second kappa shape index (κ2) is 5.05. The number of benzene rings is 1. The molecule has 0 aliphatic carbocycles. The van der Waals surface area contributed by atoms with Crippen LogP contribution in [0.15, 0.2) is 46.5 Å². The molecule has 0 unspecified atom stereocenters. The quantitative estimate of drug-likeness (QED) is 0.852. The molecule has 2 rings (SSSR count). The molecule has 0 amide bonds. The Balaban J connectivity index is 2.14. The molecule has 0 aliphatic heterocycles. The van der Waals surface area contributed by atoms with Crippen LogP contribution in [0.4, 0.5) is 4.39 Å². The van der Waals surface area contributed by atoms with Gasteiger partial charge < -0.3 is 9.72 Å². The molecule has 17 heavy (non-hydrogen) atoms. The first-order chi connectivity index (χ1) is 8.19. The van der Waals surface area contributed by atoms with E-state index in [2.05, 4.69) is 9.72 Å². The Bertz CT molecular complexity index is 539. The molecule has 2 aromatic rings. The third-order valence-electron chi connectivity index (χ3n) is 2.10. The van der Waals surface area contributed by atoms with Crippen molar-refractivity contribution in [2.24, 2.45) is 0 Å². The van der Waals surface area contributed by atoms with E-state index < -0.39 is 5.97 Å². The van der Waals surface area contributed by atoms with Gasteiger partial charge in [0.05, 0.1) is 17.7 Å². The van der Waals surface area contributed by atoms with Crippen LogP contribution in [-0.2, 0) is 4.74 Å². The molecule has 0 bridgehead atoms. The molecule has 0 aliphatic rings. The maximum Gasteiger partial charge on any atom is 0.339 e. The van der Waals surface area contributed by atoms with Crippen LogP contribution in [0.1, 0.15) is 10.4 Å². The number of hydrogen-bond acceptors (Lipinski definition) is 3. The first-order valence-corrected chi connectivity index (χ1v) is 5.71. The third kappa shape index (κ3) is 2.88.